The van der Waals surface area contributed by atoms with Crippen molar-refractivity contribution in [2.24, 2.45) is 0 Å². The van der Waals surface area contributed by atoms with Gasteiger partial charge in [-0.3, -0.25) is 18.3 Å². The van der Waals surface area contributed by atoms with Gasteiger partial charge < -0.3 is 4.74 Å². The number of methoxy groups -OCH3 is 1. The topological polar surface area (TPSA) is 73.2 Å². The molecule has 1 amide bonds. The van der Waals surface area contributed by atoms with Crippen LogP contribution in [0.1, 0.15) is 18.4 Å². The van der Waals surface area contributed by atoms with Gasteiger partial charge in [-0.25, -0.2) is 4.79 Å². The Morgan fingerprint density at radius 1 is 1.24 bits per heavy atom. The fourth-order valence-electron chi connectivity index (χ4n) is 3.03. The molecule has 1 fully saturated rings. The standard InChI is InChI=1S/C14H20N2O4S/c1-20-14(17)15-9-7-11-12(15)5-4-6-13(11)16-8-2-3-10-21(16,18)19/h4-6,18-19H,2-3,7-10H2,1H3. The third-order valence-electron chi connectivity index (χ3n) is 4.05. The molecule has 3 rings (SSSR count). The van der Waals surface area contributed by atoms with Crippen molar-refractivity contribution in [3.8, 4) is 0 Å². The minimum atomic E-state index is -2.74. The van der Waals surface area contributed by atoms with Gasteiger partial charge in [-0.15, -0.1) is 10.8 Å². The highest BCUT2D eigenvalue weighted by Gasteiger charge is 2.33. The van der Waals surface area contributed by atoms with E-state index in [1.165, 1.54) is 7.11 Å². The van der Waals surface area contributed by atoms with Crippen molar-refractivity contribution < 1.29 is 18.6 Å². The van der Waals surface area contributed by atoms with Crippen LogP contribution in [0, 0.1) is 0 Å². The molecule has 0 unspecified atom stereocenters. The summed E-state index contributed by atoms with van der Waals surface area (Å²) < 4.78 is 27.1. The second-order valence-electron chi connectivity index (χ2n) is 5.29. The van der Waals surface area contributed by atoms with Crippen LogP contribution >= 0.6 is 10.8 Å². The number of nitrogens with zero attached hydrogens (tertiary/aromatic N) is 2. The van der Waals surface area contributed by atoms with Gasteiger partial charge in [-0.2, -0.15) is 0 Å². The average Bonchev–Trinajstić information content (AvgIpc) is 2.90. The van der Waals surface area contributed by atoms with Crippen LogP contribution < -0.4 is 9.21 Å². The van der Waals surface area contributed by atoms with Crippen LogP contribution in [-0.4, -0.2) is 41.2 Å². The number of ether oxygens (including phenoxy) is 1. The summed E-state index contributed by atoms with van der Waals surface area (Å²) in [6, 6.07) is 5.62. The van der Waals surface area contributed by atoms with Crippen molar-refractivity contribution in [2.45, 2.75) is 19.3 Å². The number of fused-ring (bicyclic) bond motifs is 1. The summed E-state index contributed by atoms with van der Waals surface area (Å²) in [6.45, 7) is 1.20. The summed E-state index contributed by atoms with van der Waals surface area (Å²) >= 11 is 0. The van der Waals surface area contributed by atoms with Crippen LogP contribution in [0.25, 0.3) is 0 Å². The number of amides is 1. The molecule has 0 radical (unpaired) electrons. The lowest BCUT2D eigenvalue weighted by molar-refractivity contribution is 0.179. The smallest absolute Gasteiger partial charge is 0.414 e. The number of carbonyl (C=O) groups excluding carboxylic acids is 1. The molecule has 1 aromatic carbocycles. The van der Waals surface area contributed by atoms with Crippen LogP contribution in [0.5, 0.6) is 0 Å². The lowest BCUT2D eigenvalue weighted by Crippen LogP contribution is -2.34. The molecule has 0 aliphatic carbocycles. The Bertz CT molecular complexity index is 564. The first kappa shape index (κ1) is 14.5. The predicted molar refractivity (Wildman–Crippen MR) is 84.2 cm³/mol. The van der Waals surface area contributed by atoms with E-state index in [1.807, 2.05) is 18.2 Å². The minimum Gasteiger partial charge on any atom is -0.452 e. The summed E-state index contributed by atoms with van der Waals surface area (Å²) in [5, 5.41) is 0. The van der Waals surface area contributed by atoms with Crippen LogP contribution in [0.4, 0.5) is 16.2 Å². The number of carbonyl (C=O) groups is 1. The fourth-order valence-corrected chi connectivity index (χ4v) is 4.75. The molecule has 7 heteroatoms. The van der Waals surface area contributed by atoms with E-state index in [0.29, 0.717) is 25.3 Å². The molecule has 1 saturated heterocycles. The molecule has 0 saturated carbocycles. The van der Waals surface area contributed by atoms with Gasteiger partial charge in [0.1, 0.15) is 0 Å². The molecule has 0 spiro atoms. The zero-order valence-electron chi connectivity index (χ0n) is 12.0. The molecule has 2 aliphatic rings. The fraction of sp³-hybridized carbons (Fsp3) is 0.500. The first-order valence-corrected chi connectivity index (χ1v) is 8.73. The molecule has 0 aromatic heterocycles. The largest absolute Gasteiger partial charge is 0.452 e. The number of benzene rings is 1. The Morgan fingerprint density at radius 2 is 2.00 bits per heavy atom. The van der Waals surface area contributed by atoms with Crippen molar-refractivity contribution in [3.63, 3.8) is 0 Å². The van der Waals surface area contributed by atoms with Gasteiger partial charge >= 0.3 is 6.09 Å². The minimum absolute atomic E-state index is 0.379. The number of anilines is 2. The maximum Gasteiger partial charge on any atom is 0.414 e. The maximum absolute atomic E-state index is 11.8. The highest BCUT2D eigenvalue weighted by molar-refractivity contribution is 8.25. The van der Waals surface area contributed by atoms with Gasteiger partial charge in [0.2, 0.25) is 0 Å². The number of hydrogen-bond donors (Lipinski definition) is 2. The van der Waals surface area contributed by atoms with E-state index in [0.717, 1.165) is 29.8 Å². The Balaban J connectivity index is 1.99. The summed E-state index contributed by atoms with van der Waals surface area (Å²) in [4.78, 5) is 13.4. The van der Waals surface area contributed by atoms with Crippen molar-refractivity contribution in [1.82, 2.24) is 0 Å². The quantitative estimate of drug-likeness (QED) is 0.833. The van der Waals surface area contributed by atoms with E-state index >= 15 is 0 Å². The SMILES string of the molecule is COC(=O)N1CCc2c1cccc2N1CCCCS1(O)O. The highest BCUT2D eigenvalue weighted by Crippen LogP contribution is 2.52. The second-order valence-corrected chi connectivity index (χ2v) is 7.41. The van der Waals surface area contributed by atoms with E-state index in [2.05, 4.69) is 0 Å². The molecule has 2 aliphatic heterocycles. The Kier molecular flexibility index (Phi) is 3.73. The monoisotopic (exact) mass is 312 g/mol. The van der Waals surface area contributed by atoms with E-state index < -0.39 is 10.8 Å². The van der Waals surface area contributed by atoms with Gasteiger partial charge in [0.05, 0.1) is 24.2 Å². The third kappa shape index (κ3) is 2.45. The zero-order valence-corrected chi connectivity index (χ0v) is 12.8. The van der Waals surface area contributed by atoms with E-state index in [1.54, 1.807) is 9.21 Å². The van der Waals surface area contributed by atoms with Crippen LogP contribution in [0.15, 0.2) is 18.2 Å². The summed E-state index contributed by atoms with van der Waals surface area (Å²) in [5.41, 5.74) is 2.63. The van der Waals surface area contributed by atoms with Crippen LogP contribution in [-0.2, 0) is 11.2 Å². The van der Waals surface area contributed by atoms with Gasteiger partial charge in [-0.1, -0.05) is 6.07 Å². The highest BCUT2D eigenvalue weighted by atomic mass is 32.3. The Hall–Kier alpha value is -1.44. The van der Waals surface area contributed by atoms with E-state index in [9.17, 15) is 13.9 Å². The summed E-state index contributed by atoms with van der Waals surface area (Å²) in [5.74, 6) is 0.414. The summed E-state index contributed by atoms with van der Waals surface area (Å²) in [7, 11) is -1.38. The molecular weight excluding hydrogens is 292 g/mol. The second kappa shape index (κ2) is 5.40. The molecule has 2 heterocycles. The van der Waals surface area contributed by atoms with Crippen LogP contribution in [0.2, 0.25) is 0 Å². The molecule has 0 bridgehead atoms. The first-order valence-electron chi connectivity index (χ1n) is 7.05. The van der Waals surface area contributed by atoms with Gasteiger partial charge in [0.25, 0.3) is 0 Å². The van der Waals surface area contributed by atoms with Crippen molar-refractivity contribution in [1.29, 1.82) is 0 Å². The molecule has 1 aromatic rings. The van der Waals surface area contributed by atoms with Gasteiger partial charge in [0, 0.05) is 18.7 Å². The molecule has 6 nitrogen and oxygen atoms in total. The molecular formula is C14H20N2O4S. The Labute approximate surface area is 125 Å². The lowest BCUT2D eigenvalue weighted by atomic mass is 10.1. The third-order valence-corrected chi connectivity index (χ3v) is 5.97. The van der Waals surface area contributed by atoms with Gasteiger partial charge in [0.15, 0.2) is 0 Å². The zero-order chi connectivity index (χ0) is 15.0. The van der Waals surface area contributed by atoms with Crippen molar-refractivity contribution >= 4 is 28.2 Å². The Morgan fingerprint density at radius 3 is 2.71 bits per heavy atom. The lowest BCUT2D eigenvalue weighted by Gasteiger charge is -2.48. The average molecular weight is 312 g/mol. The number of hydrogen-bond acceptors (Lipinski definition) is 5. The maximum atomic E-state index is 11.8. The van der Waals surface area contributed by atoms with Crippen molar-refractivity contribution in [3.05, 3.63) is 23.8 Å². The summed E-state index contributed by atoms with van der Waals surface area (Å²) in [6.07, 6.45) is 2.10. The van der Waals surface area contributed by atoms with Crippen molar-refractivity contribution in [2.75, 3.05) is 35.2 Å². The molecule has 0 atom stereocenters. The van der Waals surface area contributed by atoms with E-state index in [-0.39, 0.29) is 6.09 Å². The first-order chi connectivity index (χ1) is 10.0. The molecule has 21 heavy (non-hydrogen) atoms. The van der Waals surface area contributed by atoms with Crippen LogP contribution in [0.3, 0.4) is 0 Å². The normalized spacial score (nSPS) is 21.9. The predicted octanol–water partition coefficient (Wildman–Crippen LogP) is 3.08. The molecule has 116 valence electrons. The molecule has 2 N–H and O–H groups in total. The number of rotatable bonds is 1. The van der Waals surface area contributed by atoms with Gasteiger partial charge in [-0.05, 0) is 31.4 Å². The van der Waals surface area contributed by atoms with E-state index in [4.69, 9.17) is 4.74 Å².